The number of rotatable bonds is 7. The average molecular weight is 324 g/mol. The molecule has 1 atom stereocenters. The molecule has 1 amide bonds. The lowest BCUT2D eigenvalue weighted by Gasteiger charge is -2.16. The minimum atomic E-state index is -3.13. The normalized spacial score (nSPS) is 19.2. The second-order valence-electron chi connectivity index (χ2n) is 5.80. The Morgan fingerprint density at radius 2 is 2.05 bits per heavy atom. The van der Waals surface area contributed by atoms with Gasteiger partial charge in [0.1, 0.15) is 0 Å². The lowest BCUT2D eigenvalue weighted by molar-refractivity contribution is -0.122. The third-order valence-electron chi connectivity index (χ3n) is 3.91. The Bertz CT molecular complexity index is 587. The van der Waals surface area contributed by atoms with Gasteiger partial charge in [-0.1, -0.05) is 37.3 Å². The second-order valence-corrected chi connectivity index (χ2v) is 7.88. The molecule has 6 heteroatoms. The molecule has 1 N–H and O–H groups in total. The van der Waals surface area contributed by atoms with Gasteiger partial charge in [0, 0.05) is 26.1 Å². The topological polar surface area (TPSA) is 66.5 Å². The number of sulfonamides is 1. The highest BCUT2D eigenvalue weighted by Crippen LogP contribution is 2.22. The van der Waals surface area contributed by atoms with E-state index in [1.807, 2.05) is 37.3 Å². The molecule has 0 bridgehead atoms. The van der Waals surface area contributed by atoms with Crippen LogP contribution < -0.4 is 5.32 Å². The standard InChI is InChI=1S/C16H24N2O3S/c1-2-10-22(20,21)18-9-8-15(13-18)11-16(19)17-12-14-6-4-3-5-7-14/h3-7,15H,2,8-13H2,1H3,(H,17,19). The van der Waals surface area contributed by atoms with Gasteiger partial charge in [-0.05, 0) is 24.3 Å². The van der Waals surface area contributed by atoms with Crippen molar-refractivity contribution >= 4 is 15.9 Å². The third kappa shape index (κ3) is 4.81. The molecule has 0 radical (unpaired) electrons. The molecule has 0 aromatic heterocycles. The fraction of sp³-hybridized carbons (Fsp3) is 0.562. The molecule has 1 aliphatic rings. The lowest BCUT2D eigenvalue weighted by Crippen LogP contribution is -2.32. The number of hydrogen-bond donors (Lipinski definition) is 1. The van der Waals surface area contributed by atoms with Gasteiger partial charge >= 0.3 is 0 Å². The van der Waals surface area contributed by atoms with Gasteiger partial charge in [-0.2, -0.15) is 0 Å². The maximum absolute atomic E-state index is 12.0. The van der Waals surface area contributed by atoms with Gasteiger partial charge in [0.25, 0.3) is 0 Å². The summed E-state index contributed by atoms with van der Waals surface area (Å²) >= 11 is 0. The summed E-state index contributed by atoms with van der Waals surface area (Å²) in [5.74, 6) is 0.311. The second kappa shape index (κ2) is 7.74. The summed E-state index contributed by atoms with van der Waals surface area (Å²) in [6.45, 7) is 3.40. The van der Waals surface area contributed by atoms with E-state index in [0.717, 1.165) is 12.0 Å². The minimum Gasteiger partial charge on any atom is -0.352 e. The molecular formula is C16H24N2O3S. The Balaban J connectivity index is 1.76. The largest absolute Gasteiger partial charge is 0.352 e. The van der Waals surface area contributed by atoms with Gasteiger partial charge in [-0.3, -0.25) is 4.79 Å². The molecule has 1 saturated heterocycles. The van der Waals surface area contributed by atoms with E-state index in [2.05, 4.69) is 5.32 Å². The zero-order chi connectivity index (χ0) is 16.0. The van der Waals surface area contributed by atoms with E-state index < -0.39 is 10.0 Å². The van der Waals surface area contributed by atoms with Gasteiger partial charge < -0.3 is 5.32 Å². The molecule has 22 heavy (non-hydrogen) atoms. The summed E-state index contributed by atoms with van der Waals surface area (Å²) in [6.07, 6.45) is 1.79. The van der Waals surface area contributed by atoms with E-state index >= 15 is 0 Å². The lowest BCUT2D eigenvalue weighted by atomic mass is 10.0. The van der Waals surface area contributed by atoms with Crippen molar-refractivity contribution in [1.29, 1.82) is 0 Å². The van der Waals surface area contributed by atoms with Gasteiger partial charge in [0.05, 0.1) is 5.75 Å². The molecule has 2 rings (SSSR count). The molecule has 1 heterocycles. The highest BCUT2D eigenvalue weighted by molar-refractivity contribution is 7.89. The van der Waals surface area contributed by atoms with E-state index in [0.29, 0.717) is 32.5 Å². The predicted molar refractivity (Wildman–Crippen MR) is 86.7 cm³/mol. The van der Waals surface area contributed by atoms with E-state index in [4.69, 9.17) is 0 Å². The molecule has 0 saturated carbocycles. The fourth-order valence-corrected chi connectivity index (χ4v) is 4.33. The molecule has 0 aliphatic carbocycles. The Kier molecular flexibility index (Phi) is 5.97. The van der Waals surface area contributed by atoms with Crippen LogP contribution in [0.5, 0.6) is 0 Å². The van der Waals surface area contributed by atoms with Crippen LogP contribution in [0.3, 0.4) is 0 Å². The van der Waals surface area contributed by atoms with Gasteiger partial charge in [-0.25, -0.2) is 12.7 Å². The van der Waals surface area contributed by atoms with Crippen LogP contribution in [-0.2, 0) is 21.4 Å². The van der Waals surface area contributed by atoms with Crippen molar-refractivity contribution in [2.45, 2.75) is 32.7 Å². The monoisotopic (exact) mass is 324 g/mol. The van der Waals surface area contributed by atoms with Crippen LogP contribution in [0.2, 0.25) is 0 Å². The van der Waals surface area contributed by atoms with E-state index in [1.165, 1.54) is 4.31 Å². The van der Waals surface area contributed by atoms with Crippen LogP contribution >= 0.6 is 0 Å². The molecule has 1 aliphatic heterocycles. The predicted octanol–water partition coefficient (Wildman–Crippen LogP) is 1.75. The number of nitrogens with zero attached hydrogens (tertiary/aromatic N) is 1. The van der Waals surface area contributed by atoms with Crippen molar-refractivity contribution in [1.82, 2.24) is 9.62 Å². The maximum Gasteiger partial charge on any atom is 0.220 e. The van der Waals surface area contributed by atoms with Crippen molar-refractivity contribution in [2.24, 2.45) is 5.92 Å². The summed E-state index contributed by atoms with van der Waals surface area (Å²) in [7, 11) is -3.13. The first-order chi connectivity index (χ1) is 10.5. The van der Waals surface area contributed by atoms with E-state index in [1.54, 1.807) is 0 Å². The Labute approximate surface area is 132 Å². The van der Waals surface area contributed by atoms with Crippen molar-refractivity contribution in [3.63, 3.8) is 0 Å². The molecule has 1 aromatic carbocycles. The summed E-state index contributed by atoms with van der Waals surface area (Å²) < 4.78 is 25.5. The average Bonchev–Trinajstić information content (AvgIpc) is 2.95. The van der Waals surface area contributed by atoms with Crippen LogP contribution in [-0.4, -0.2) is 37.5 Å². The number of benzene rings is 1. The van der Waals surface area contributed by atoms with Crippen LogP contribution in [0, 0.1) is 5.92 Å². The van der Waals surface area contributed by atoms with Gasteiger partial charge in [0.15, 0.2) is 0 Å². The smallest absolute Gasteiger partial charge is 0.220 e. The van der Waals surface area contributed by atoms with Crippen molar-refractivity contribution in [2.75, 3.05) is 18.8 Å². The number of carbonyl (C=O) groups is 1. The van der Waals surface area contributed by atoms with Crippen LogP contribution in [0.25, 0.3) is 0 Å². The Morgan fingerprint density at radius 1 is 1.32 bits per heavy atom. The molecule has 1 unspecified atom stereocenters. The zero-order valence-electron chi connectivity index (χ0n) is 13.0. The number of hydrogen-bond acceptors (Lipinski definition) is 3. The quantitative estimate of drug-likeness (QED) is 0.831. The van der Waals surface area contributed by atoms with E-state index in [-0.39, 0.29) is 17.6 Å². The molecular weight excluding hydrogens is 300 g/mol. The SMILES string of the molecule is CCCS(=O)(=O)N1CCC(CC(=O)NCc2ccccc2)C1. The summed E-state index contributed by atoms with van der Waals surface area (Å²) in [5, 5.41) is 2.90. The minimum absolute atomic E-state index is 0.0106. The summed E-state index contributed by atoms with van der Waals surface area (Å²) in [6, 6.07) is 9.75. The molecule has 1 aromatic rings. The third-order valence-corrected chi connectivity index (χ3v) is 5.95. The maximum atomic E-state index is 12.0. The highest BCUT2D eigenvalue weighted by Gasteiger charge is 2.31. The van der Waals surface area contributed by atoms with Crippen molar-refractivity contribution < 1.29 is 13.2 Å². The molecule has 1 fully saturated rings. The highest BCUT2D eigenvalue weighted by atomic mass is 32.2. The Morgan fingerprint density at radius 3 is 2.73 bits per heavy atom. The van der Waals surface area contributed by atoms with Gasteiger partial charge in [0.2, 0.25) is 15.9 Å². The van der Waals surface area contributed by atoms with Crippen molar-refractivity contribution in [3.05, 3.63) is 35.9 Å². The molecule has 122 valence electrons. The van der Waals surface area contributed by atoms with Gasteiger partial charge in [-0.15, -0.1) is 0 Å². The van der Waals surface area contributed by atoms with Crippen LogP contribution in [0.1, 0.15) is 31.7 Å². The molecule has 0 spiro atoms. The van der Waals surface area contributed by atoms with E-state index in [9.17, 15) is 13.2 Å². The van der Waals surface area contributed by atoms with Crippen molar-refractivity contribution in [3.8, 4) is 0 Å². The first kappa shape index (κ1) is 17.0. The first-order valence-corrected chi connectivity index (χ1v) is 9.40. The first-order valence-electron chi connectivity index (χ1n) is 7.79. The number of amides is 1. The van der Waals surface area contributed by atoms with Crippen LogP contribution in [0.15, 0.2) is 30.3 Å². The zero-order valence-corrected chi connectivity index (χ0v) is 13.8. The number of nitrogens with one attached hydrogen (secondary N) is 1. The summed E-state index contributed by atoms with van der Waals surface area (Å²) in [4.78, 5) is 12.0. The molecule has 5 nitrogen and oxygen atoms in total. The summed E-state index contributed by atoms with van der Waals surface area (Å²) in [5.41, 5.74) is 1.06. The fourth-order valence-electron chi connectivity index (χ4n) is 2.73. The van der Waals surface area contributed by atoms with Crippen LogP contribution in [0.4, 0.5) is 0 Å². The Hall–Kier alpha value is -1.40. The number of carbonyl (C=O) groups excluding carboxylic acids is 1.